The van der Waals surface area contributed by atoms with Crippen LogP contribution < -0.4 is 5.32 Å². The van der Waals surface area contributed by atoms with Gasteiger partial charge in [-0.3, -0.25) is 0 Å². The summed E-state index contributed by atoms with van der Waals surface area (Å²) in [4.78, 5) is 2.47. The molecule has 1 saturated heterocycles. The van der Waals surface area contributed by atoms with E-state index in [1.807, 2.05) is 0 Å². The fourth-order valence-electron chi connectivity index (χ4n) is 2.24. The first-order valence-corrected chi connectivity index (χ1v) is 6.75. The topological polar surface area (TPSA) is 15.3 Å². The molecule has 3 heteroatoms. The van der Waals surface area contributed by atoms with Gasteiger partial charge in [0.2, 0.25) is 0 Å². The molecule has 1 aromatic rings. The molecule has 0 amide bonds. The second-order valence-electron chi connectivity index (χ2n) is 4.52. The van der Waals surface area contributed by atoms with E-state index in [2.05, 4.69) is 57.5 Å². The average molecular weight is 283 g/mol. The van der Waals surface area contributed by atoms with Gasteiger partial charge < -0.3 is 10.2 Å². The molecule has 16 heavy (non-hydrogen) atoms. The Morgan fingerprint density at radius 3 is 3.06 bits per heavy atom. The van der Waals surface area contributed by atoms with Crippen LogP contribution in [-0.4, -0.2) is 31.1 Å². The summed E-state index contributed by atoms with van der Waals surface area (Å²) in [6.07, 6.45) is 4.04. The summed E-state index contributed by atoms with van der Waals surface area (Å²) in [6.45, 7) is 2.29. The number of hydrogen-bond donors (Lipinski definition) is 1. The number of likely N-dealkylation sites (N-methyl/N-ethyl adjacent to an activating group) is 1. The number of nitrogens with zero attached hydrogens (tertiary/aromatic N) is 1. The van der Waals surface area contributed by atoms with E-state index in [1.54, 1.807) is 0 Å². The van der Waals surface area contributed by atoms with Gasteiger partial charge in [0.15, 0.2) is 0 Å². The molecule has 1 unspecified atom stereocenters. The van der Waals surface area contributed by atoms with Crippen molar-refractivity contribution in [1.29, 1.82) is 0 Å². The summed E-state index contributed by atoms with van der Waals surface area (Å²) in [5, 5.41) is 3.51. The maximum absolute atomic E-state index is 3.51. The third-order valence-corrected chi connectivity index (χ3v) is 3.78. The van der Waals surface area contributed by atoms with Crippen LogP contribution in [0.15, 0.2) is 28.7 Å². The Kier molecular flexibility index (Phi) is 4.24. The third-order valence-electron chi connectivity index (χ3n) is 3.29. The van der Waals surface area contributed by atoms with E-state index < -0.39 is 0 Å². The second kappa shape index (κ2) is 5.69. The minimum Gasteiger partial charge on any atom is -0.383 e. The largest absolute Gasteiger partial charge is 0.383 e. The molecule has 1 aliphatic heterocycles. The average Bonchev–Trinajstić information content (AvgIpc) is 2.28. The number of piperidine rings is 1. The molecular weight excluding hydrogens is 264 g/mol. The summed E-state index contributed by atoms with van der Waals surface area (Å²) < 4.78 is 1.13. The van der Waals surface area contributed by atoms with Crippen molar-refractivity contribution in [2.75, 3.05) is 25.5 Å². The molecule has 0 aromatic heterocycles. The third kappa shape index (κ3) is 3.22. The SMILES string of the molecule is CN1CCCCC1CNc1cccc(Br)c1. The Morgan fingerprint density at radius 1 is 1.44 bits per heavy atom. The maximum Gasteiger partial charge on any atom is 0.0352 e. The lowest BCUT2D eigenvalue weighted by Crippen LogP contribution is -2.40. The van der Waals surface area contributed by atoms with Gasteiger partial charge in [-0.25, -0.2) is 0 Å². The minimum absolute atomic E-state index is 0.688. The Morgan fingerprint density at radius 2 is 2.31 bits per heavy atom. The monoisotopic (exact) mass is 282 g/mol. The highest BCUT2D eigenvalue weighted by Crippen LogP contribution is 2.18. The van der Waals surface area contributed by atoms with Crippen LogP contribution in [0, 0.1) is 0 Å². The molecule has 1 heterocycles. The highest BCUT2D eigenvalue weighted by molar-refractivity contribution is 9.10. The van der Waals surface area contributed by atoms with Crippen LogP contribution in [0.4, 0.5) is 5.69 Å². The molecule has 0 spiro atoms. The Hall–Kier alpha value is -0.540. The lowest BCUT2D eigenvalue weighted by molar-refractivity contribution is 0.194. The van der Waals surface area contributed by atoms with E-state index in [9.17, 15) is 0 Å². The van der Waals surface area contributed by atoms with Gasteiger partial charge in [-0.1, -0.05) is 28.4 Å². The molecule has 2 rings (SSSR count). The molecule has 0 radical (unpaired) electrons. The fourth-order valence-corrected chi connectivity index (χ4v) is 2.64. The van der Waals surface area contributed by atoms with Gasteiger partial charge in [-0.2, -0.15) is 0 Å². The predicted octanol–water partition coefficient (Wildman–Crippen LogP) is 3.35. The number of anilines is 1. The molecule has 88 valence electrons. The number of benzene rings is 1. The van der Waals surface area contributed by atoms with Crippen LogP contribution >= 0.6 is 15.9 Å². The second-order valence-corrected chi connectivity index (χ2v) is 5.44. The number of halogens is 1. The highest BCUT2D eigenvalue weighted by Gasteiger charge is 2.18. The van der Waals surface area contributed by atoms with E-state index in [1.165, 1.54) is 31.5 Å². The van der Waals surface area contributed by atoms with Crippen molar-refractivity contribution in [2.45, 2.75) is 25.3 Å². The number of likely N-dealkylation sites (tertiary alicyclic amines) is 1. The number of nitrogens with one attached hydrogen (secondary N) is 1. The van der Waals surface area contributed by atoms with Crippen LogP contribution in [0.1, 0.15) is 19.3 Å². The Balaban J connectivity index is 1.86. The van der Waals surface area contributed by atoms with Crippen molar-refractivity contribution < 1.29 is 0 Å². The van der Waals surface area contributed by atoms with Crippen molar-refractivity contribution in [2.24, 2.45) is 0 Å². The van der Waals surface area contributed by atoms with Crippen molar-refractivity contribution in [3.05, 3.63) is 28.7 Å². The van der Waals surface area contributed by atoms with E-state index in [4.69, 9.17) is 0 Å². The molecule has 2 nitrogen and oxygen atoms in total. The normalized spacial score (nSPS) is 22.0. The van der Waals surface area contributed by atoms with Crippen molar-refractivity contribution in [1.82, 2.24) is 4.90 Å². The summed E-state index contributed by atoms with van der Waals surface area (Å²) in [5.41, 5.74) is 1.20. The van der Waals surface area contributed by atoms with Gasteiger partial charge in [0.05, 0.1) is 0 Å². The van der Waals surface area contributed by atoms with Crippen LogP contribution in [-0.2, 0) is 0 Å². The molecule has 1 aliphatic rings. The molecule has 1 atom stereocenters. The smallest absolute Gasteiger partial charge is 0.0352 e. The molecular formula is C13H19BrN2. The predicted molar refractivity (Wildman–Crippen MR) is 72.9 cm³/mol. The summed E-state index contributed by atoms with van der Waals surface area (Å²) in [7, 11) is 2.23. The Bertz CT molecular complexity index is 340. The Labute approximate surface area is 106 Å². The molecule has 1 aromatic carbocycles. The zero-order valence-electron chi connectivity index (χ0n) is 9.75. The quantitative estimate of drug-likeness (QED) is 0.915. The summed E-state index contributed by atoms with van der Waals surface area (Å²) in [6, 6.07) is 9.05. The van der Waals surface area contributed by atoms with Crippen molar-refractivity contribution in [3.8, 4) is 0 Å². The van der Waals surface area contributed by atoms with Gasteiger partial charge in [0.1, 0.15) is 0 Å². The van der Waals surface area contributed by atoms with E-state index in [0.29, 0.717) is 6.04 Å². The highest BCUT2D eigenvalue weighted by atomic mass is 79.9. The summed E-state index contributed by atoms with van der Waals surface area (Å²) in [5.74, 6) is 0. The van der Waals surface area contributed by atoms with Gasteiger partial charge in [0, 0.05) is 22.7 Å². The van der Waals surface area contributed by atoms with Gasteiger partial charge in [-0.15, -0.1) is 0 Å². The van der Waals surface area contributed by atoms with Crippen molar-refractivity contribution in [3.63, 3.8) is 0 Å². The van der Waals surface area contributed by atoms with Gasteiger partial charge >= 0.3 is 0 Å². The number of hydrogen-bond acceptors (Lipinski definition) is 2. The van der Waals surface area contributed by atoms with Gasteiger partial charge in [-0.05, 0) is 44.6 Å². The molecule has 1 N–H and O–H groups in total. The van der Waals surface area contributed by atoms with E-state index in [0.717, 1.165) is 11.0 Å². The van der Waals surface area contributed by atoms with E-state index >= 15 is 0 Å². The molecule has 0 saturated carbocycles. The standard InChI is InChI=1S/C13H19BrN2/c1-16-8-3-2-7-13(16)10-15-12-6-4-5-11(14)9-12/h4-6,9,13,15H,2-3,7-8,10H2,1H3. The summed E-state index contributed by atoms with van der Waals surface area (Å²) >= 11 is 3.49. The van der Waals surface area contributed by atoms with Crippen molar-refractivity contribution >= 4 is 21.6 Å². The van der Waals surface area contributed by atoms with Crippen LogP contribution in [0.25, 0.3) is 0 Å². The first-order chi connectivity index (χ1) is 7.75. The van der Waals surface area contributed by atoms with Crippen LogP contribution in [0.3, 0.4) is 0 Å². The van der Waals surface area contributed by atoms with Crippen LogP contribution in [0.2, 0.25) is 0 Å². The zero-order chi connectivity index (χ0) is 11.4. The van der Waals surface area contributed by atoms with Gasteiger partial charge in [0.25, 0.3) is 0 Å². The maximum atomic E-state index is 3.51. The van der Waals surface area contributed by atoms with Crippen LogP contribution in [0.5, 0.6) is 0 Å². The first kappa shape index (κ1) is 11.9. The minimum atomic E-state index is 0.688. The number of rotatable bonds is 3. The lowest BCUT2D eigenvalue weighted by atomic mass is 10.0. The first-order valence-electron chi connectivity index (χ1n) is 5.95. The molecule has 1 fully saturated rings. The lowest BCUT2D eigenvalue weighted by Gasteiger charge is -2.32. The molecule has 0 aliphatic carbocycles. The zero-order valence-corrected chi connectivity index (χ0v) is 11.3. The van der Waals surface area contributed by atoms with E-state index in [-0.39, 0.29) is 0 Å². The molecule has 0 bridgehead atoms. The fraction of sp³-hybridized carbons (Fsp3) is 0.538.